The van der Waals surface area contributed by atoms with Crippen LogP contribution in [0.3, 0.4) is 0 Å². The van der Waals surface area contributed by atoms with E-state index in [0.29, 0.717) is 35.4 Å². The van der Waals surface area contributed by atoms with Gasteiger partial charge in [-0.3, -0.25) is 4.79 Å². The number of halogens is 1. The van der Waals surface area contributed by atoms with Crippen molar-refractivity contribution in [3.05, 3.63) is 61.7 Å². The van der Waals surface area contributed by atoms with E-state index in [4.69, 9.17) is 10.5 Å². The highest BCUT2D eigenvalue weighted by molar-refractivity contribution is 5.94. The van der Waals surface area contributed by atoms with Gasteiger partial charge >= 0.3 is 5.97 Å². The van der Waals surface area contributed by atoms with Gasteiger partial charge in [-0.2, -0.15) is 0 Å². The number of carbonyl (C=O) groups excluding carboxylic acids is 1. The van der Waals surface area contributed by atoms with Crippen molar-refractivity contribution < 1.29 is 19.0 Å². The molecule has 1 aromatic carbocycles. The summed E-state index contributed by atoms with van der Waals surface area (Å²) in [4.78, 5) is 29.5. The number of aromatic nitrogens is 2. The first-order chi connectivity index (χ1) is 13.9. The molecule has 0 amide bonds. The Morgan fingerprint density at radius 1 is 1.28 bits per heavy atom. The molecule has 8 heteroatoms. The second kappa shape index (κ2) is 5.28. The van der Waals surface area contributed by atoms with Gasteiger partial charge in [-0.05, 0) is 36.1 Å². The second-order valence-corrected chi connectivity index (χ2v) is 7.88. The van der Waals surface area contributed by atoms with Crippen molar-refractivity contribution in [2.75, 3.05) is 0 Å². The number of pyridine rings is 2. The van der Waals surface area contributed by atoms with Gasteiger partial charge in [0.2, 0.25) is 0 Å². The number of hydrogen-bond acceptors (Lipinski definition) is 6. The Kier molecular flexibility index (Phi) is 3.06. The van der Waals surface area contributed by atoms with Crippen LogP contribution in [0.2, 0.25) is 0 Å². The van der Waals surface area contributed by atoms with Crippen LogP contribution < -0.4 is 11.3 Å². The number of aliphatic hydroxyl groups is 1. The summed E-state index contributed by atoms with van der Waals surface area (Å²) in [5, 5.41) is 11.1. The predicted molar refractivity (Wildman–Crippen MR) is 101 cm³/mol. The largest absolute Gasteiger partial charge is 0.458 e. The van der Waals surface area contributed by atoms with E-state index in [0.717, 1.165) is 22.1 Å². The first-order valence-electron chi connectivity index (χ1n) is 9.38. The summed E-state index contributed by atoms with van der Waals surface area (Å²) < 4.78 is 20.9. The molecule has 0 bridgehead atoms. The summed E-state index contributed by atoms with van der Waals surface area (Å²) in [5.74, 6) is -1.12. The van der Waals surface area contributed by atoms with Crippen LogP contribution >= 0.6 is 0 Å². The molecule has 2 atom stereocenters. The van der Waals surface area contributed by atoms with Gasteiger partial charge in [0.15, 0.2) is 6.10 Å². The van der Waals surface area contributed by atoms with Crippen LogP contribution in [0.5, 0.6) is 0 Å². The van der Waals surface area contributed by atoms with Crippen molar-refractivity contribution in [3.63, 3.8) is 0 Å². The van der Waals surface area contributed by atoms with Crippen LogP contribution in [-0.4, -0.2) is 20.6 Å². The Labute approximate surface area is 163 Å². The minimum absolute atomic E-state index is 0.170. The number of nitrogens with two attached hydrogens (primary N) is 1. The van der Waals surface area contributed by atoms with Gasteiger partial charge in [0.1, 0.15) is 12.4 Å². The van der Waals surface area contributed by atoms with Gasteiger partial charge in [-0.15, -0.1) is 0 Å². The molecule has 2 aliphatic heterocycles. The monoisotopic (exact) mass is 393 g/mol. The Hall–Kier alpha value is -3.10. The van der Waals surface area contributed by atoms with E-state index in [2.05, 4.69) is 4.98 Å². The molecule has 6 rings (SSSR count). The predicted octanol–water partition coefficient (Wildman–Crippen LogP) is 1.52. The molecule has 3 aliphatic rings. The third kappa shape index (κ3) is 1.95. The zero-order valence-corrected chi connectivity index (χ0v) is 15.5. The van der Waals surface area contributed by atoms with Crippen LogP contribution in [0, 0.1) is 12.7 Å². The Morgan fingerprint density at radius 3 is 2.86 bits per heavy atom. The van der Waals surface area contributed by atoms with Gasteiger partial charge in [0.25, 0.3) is 5.56 Å². The number of cyclic esters (lactones) is 1. The van der Waals surface area contributed by atoms with Crippen molar-refractivity contribution in [1.29, 1.82) is 0 Å². The maximum absolute atomic E-state index is 14.5. The molecule has 0 saturated heterocycles. The summed E-state index contributed by atoms with van der Waals surface area (Å²) in [6.07, 6.45) is -0.984. The average molecular weight is 393 g/mol. The fourth-order valence-electron chi connectivity index (χ4n) is 4.96. The third-order valence-electron chi connectivity index (χ3n) is 6.41. The molecule has 7 nitrogen and oxygen atoms in total. The molecular formula is C21H16FN3O4. The van der Waals surface area contributed by atoms with Crippen molar-refractivity contribution in [1.82, 2.24) is 9.55 Å². The van der Waals surface area contributed by atoms with Gasteiger partial charge < -0.3 is 20.1 Å². The van der Waals surface area contributed by atoms with E-state index in [1.54, 1.807) is 17.6 Å². The summed E-state index contributed by atoms with van der Waals surface area (Å²) in [6, 6.07) is 2.71. The van der Waals surface area contributed by atoms with Crippen molar-refractivity contribution in [2.45, 2.75) is 38.6 Å². The summed E-state index contributed by atoms with van der Waals surface area (Å²) >= 11 is 0. The number of hydrogen-bond donors (Lipinski definition) is 2. The van der Waals surface area contributed by atoms with E-state index < -0.39 is 12.1 Å². The highest BCUT2D eigenvalue weighted by atomic mass is 19.1. The molecule has 3 aromatic rings. The van der Waals surface area contributed by atoms with Crippen molar-refractivity contribution in [2.24, 2.45) is 5.73 Å². The Morgan fingerprint density at radius 2 is 2.07 bits per heavy atom. The maximum Gasteiger partial charge on any atom is 0.340 e. The zero-order chi connectivity index (χ0) is 20.2. The number of aliphatic hydroxyl groups excluding tert-OH is 1. The van der Waals surface area contributed by atoms with Crippen molar-refractivity contribution in [3.8, 4) is 11.4 Å². The molecule has 4 heterocycles. The topological polar surface area (TPSA) is 107 Å². The number of benzene rings is 1. The van der Waals surface area contributed by atoms with Gasteiger partial charge in [0, 0.05) is 28.6 Å². The lowest BCUT2D eigenvalue weighted by Crippen LogP contribution is -2.32. The van der Waals surface area contributed by atoms with Crippen LogP contribution in [0.1, 0.15) is 45.5 Å². The van der Waals surface area contributed by atoms with E-state index in [-0.39, 0.29) is 35.2 Å². The molecule has 29 heavy (non-hydrogen) atoms. The highest BCUT2D eigenvalue weighted by Crippen LogP contribution is 2.45. The highest BCUT2D eigenvalue weighted by Gasteiger charge is 2.37. The Bertz CT molecular complexity index is 1360. The number of nitrogens with zero attached hydrogens (tertiary/aromatic N) is 2. The zero-order valence-electron chi connectivity index (χ0n) is 15.5. The lowest BCUT2D eigenvalue weighted by Gasteiger charge is -2.21. The summed E-state index contributed by atoms with van der Waals surface area (Å²) in [5.41, 5.74) is 11.3. The van der Waals surface area contributed by atoms with Crippen LogP contribution in [0.25, 0.3) is 22.3 Å². The standard InChI is InChI=1S/C21H16FN3O4/c1-7-8-2-13(23)16-10-5-25-15(18(10)24-14(17(8)16)4-12(7)22)3-9-11(20(25)27)6-29-21(28)19(9)26/h3-4,13,19,26H,2,5-6,23H2,1H3. The number of ether oxygens (including phenoxy) is 1. The number of esters is 1. The molecule has 0 saturated carbocycles. The molecular weight excluding hydrogens is 377 g/mol. The molecule has 1 aliphatic carbocycles. The molecule has 0 spiro atoms. The van der Waals surface area contributed by atoms with E-state index in [9.17, 15) is 19.1 Å². The molecule has 0 radical (unpaired) electrons. The first-order valence-corrected chi connectivity index (χ1v) is 9.38. The van der Waals surface area contributed by atoms with Crippen LogP contribution in [-0.2, 0) is 29.1 Å². The minimum atomic E-state index is -1.51. The summed E-state index contributed by atoms with van der Waals surface area (Å²) in [7, 11) is 0. The molecule has 2 aromatic heterocycles. The number of carbonyl (C=O) groups is 1. The van der Waals surface area contributed by atoms with E-state index in [1.807, 2.05) is 0 Å². The second-order valence-electron chi connectivity index (χ2n) is 7.88. The van der Waals surface area contributed by atoms with Crippen molar-refractivity contribution >= 4 is 16.9 Å². The van der Waals surface area contributed by atoms with E-state index in [1.165, 1.54) is 6.07 Å². The lowest BCUT2D eigenvalue weighted by atomic mass is 9.98. The quantitative estimate of drug-likeness (QED) is 0.439. The first kappa shape index (κ1) is 16.8. The van der Waals surface area contributed by atoms with Crippen LogP contribution in [0.4, 0.5) is 4.39 Å². The maximum atomic E-state index is 14.5. The molecule has 3 N–H and O–H groups in total. The fourth-order valence-corrected chi connectivity index (χ4v) is 4.96. The third-order valence-corrected chi connectivity index (χ3v) is 6.41. The smallest absolute Gasteiger partial charge is 0.340 e. The van der Waals surface area contributed by atoms with Gasteiger partial charge in [0.05, 0.1) is 29.0 Å². The minimum Gasteiger partial charge on any atom is -0.458 e. The van der Waals surface area contributed by atoms with Gasteiger partial charge in [-0.25, -0.2) is 14.2 Å². The van der Waals surface area contributed by atoms with E-state index >= 15 is 0 Å². The normalized spacial score (nSPS) is 21.2. The number of fused-ring (bicyclic) bond motifs is 5. The Balaban J connectivity index is 1.69. The molecule has 2 unspecified atom stereocenters. The fraction of sp³-hybridized carbons (Fsp3) is 0.286. The average Bonchev–Trinajstić information content (AvgIpc) is 3.23. The lowest BCUT2D eigenvalue weighted by molar-refractivity contribution is -0.157. The van der Waals surface area contributed by atoms with Crippen LogP contribution in [0.15, 0.2) is 16.9 Å². The number of rotatable bonds is 0. The van der Waals surface area contributed by atoms with Gasteiger partial charge in [-0.1, -0.05) is 0 Å². The SMILES string of the molecule is Cc1c(F)cc2nc3c(c4c2c1CC4N)Cn1c-3cc2c(c1=O)COC(=O)C2O. The molecule has 146 valence electrons. The summed E-state index contributed by atoms with van der Waals surface area (Å²) in [6.45, 7) is 1.87. The molecule has 0 fully saturated rings.